The lowest BCUT2D eigenvalue weighted by Crippen LogP contribution is -2.31. The number of hydrogen-bond acceptors (Lipinski definition) is 3. The van der Waals surface area contributed by atoms with E-state index in [4.69, 9.17) is 10.9 Å². The van der Waals surface area contributed by atoms with Gasteiger partial charge in [0.05, 0.1) is 0 Å². The molecule has 1 amide bonds. The van der Waals surface area contributed by atoms with E-state index < -0.39 is 0 Å². The molecule has 0 heterocycles. The third-order valence-corrected chi connectivity index (χ3v) is 4.48. The number of carbonyl (C=O) groups is 1. The van der Waals surface area contributed by atoms with Gasteiger partial charge in [0.2, 0.25) is 0 Å². The van der Waals surface area contributed by atoms with Crippen LogP contribution in [0, 0.1) is 17.8 Å². The van der Waals surface area contributed by atoms with Gasteiger partial charge in [-0.25, -0.2) is 0 Å². The Labute approximate surface area is 124 Å². The first kappa shape index (κ1) is 13.9. The predicted molar refractivity (Wildman–Crippen MR) is 80.2 cm³/mol. The van der Waals surface area contributed by atoms with E-state index in [1.807, 2.05) is 0 Å². The van der Waals surface area contributed by atoms with E-state index in [1.165, 1.54) is 25.7 Å². The largest absolute Gasteiger partial charge is 0.409 e. The van der Waals surface area contributed by atoms with Crippen LogP contribution in [-0.4, -0.2) is 23.5 Å². The van der Waals surface area contributed by atoms with Gasteiger partial charge in [0.15, 0.2) is 5.84 Å². The lowest BCUT2D eigenvalue weighted by molar-refractivity contribution is 0.0943. The summed E-state index contributed by atoms with van der Waals surface area (Å²) in [7, 11) is 0. The van der Waals surface area contributed by atoms with Gasteiger partial charge in [-0.05, 0) is 55.6 Å². The van der Waals surface area contributed by atoms with E-state index in [0.717, 1.165) is 18.4 Å². The number of rotatable bonds is 6. The molecule has 5 heteroatoms. The zero-order valence-corrected chi connectivity index (χ0v) is 12.0. The number of oxime groups is 1. The summed E-state index contributed by atoms with van der Waals surface area (Å²) in [5, 5.41) is 14.7. The topological polar surface area (TPSA) is 87.7 Å². The molecule has 1 aromatic rings. The molecule has 0 radical (unpaired) electrons. The van der Waals surface area contributed by atoms with Crippen LogP contribution < -0.4 is 11.1 Å². The van der Waals surface area contributed by atoms with Gasteiger partial charge in [-0.2, -0.15) is 0 Å². The summed E-state index contributed by atoms with van der Waals surface area (Å²) in [6.07, 6.45) is 5.26. The number of benzene rings is 1. The zero-order valence-electron chi connectivity index (χ0n) is 12.0. The fraction of sp³-hybridized carbons (Fsp3) is 0.500. The van der Waals surface area contributed by atoms with E-state index >= 15 is 0 Å². The van der Waals surface area contributed by atoms with E-state index in [2.05, 4.69) is 10.5 Å². The first-order valence-corrected chi connectivity index (χ1v) is 7.55. The van der Waals surface area contributed by atoms with Crippen molar-refractivity contribution in [3.05, 3.63) is 35.4 Å². The smallest absolute Gasteiger partial charge is 0.251 e. The average molecular weight is 287 g/mol. The second kappa shape index (κ2) is 5.76. The molecule has 2 aliphatic carbocycles. The zero-order chi connectivity index (χ0) is 14.8. The van der Waals surface area contributed by atoms with Crippen molar-refractivity contribution in [1.82, 2.24) is 5.32 Å². The third-order valence-electron chi connectivity index (χ3n) is 4.48. The van der Waals surface area contributed by atoms with E-state index in [-0.39, 0.29) is 11.7 Å². The van der Waals surface area contributed by atoms with Crippen molar-refractivity contribution in [2.75, 3.05) is 6.54 Å². The molecule has 1 aromatic carbocycles. The van der Waals surface area contributed by atoms with E-state index in [1.54, 1.807) is 24.3 Å². The van der Waals surface area contributed by atoms with Gasteiger partial charge in [-0.3, -0.25) is 4.79 Å². The molecule has 0 bridgehead atoms. The number of nitrogens with zero attached hydrogens (tertiary/aromatic N) is 1. The maximum absolute atomic E-state index is 12.2. The Bertz CT molecular complexity index is 550. The highest BCUT2D eigenvalue weighted by Crippen LogP contribution is 2.48. The first-order valence-electron chi connectivity index (χ1n) is 7.55. The van der Waals surface area contributed by atoms with Crippen LogP contribution >= 0.6 is 0 Å². The summed E-state index contributed by atoms with van der Waals surface area (Å²) in [6.45, 7) is 0.766. The van der Waals surface area contributed by atoms with Crippen LogP contribution in [0.5, 0.6) is 0 Å². The number of amides is 1. The molecule has 0 unspecified atom stereocenters. The third kappa shape index (κ3) is 3.35. The molecule has 5 nitrogen and oxygen atoms in total. The minimum absolute atomic E-state index is 0.0125. The molecule has 2 fully saturated rings. The van der Waals surface area contributed by atoms with Gasteiger partial charge >= 0.3 is 0 Å². The first-order chi connectivity index (χ1) is 10.2. The van der Waals surface area contributed by atoms with Gasteiger partial charge in [0, 0.05) is 17.7 Å². The highest BCUT2D eigenvalue weighted by atomic mass is 16.4. The maximum atomic E-state index is 12.2. The summed E-state index contributed by atoms with van der Waals surface area (Å²) in [5.74, 6) is 2.22. The lowest BCUT2D eigenvalue weighted by Gasteiger charge is -2.16. The SMILES string of the molecule is NC(=NO)c1cccc(C(=O)NCC(C2CC2)C2CC2)c1. The van der Waals surface area contributed by atoms with Gasteiger partial charge < -0.3 is 16.3 Å². The molecule has 3 rings (SSSR count). The standard InChI is InChI=1S/C16H21N3O2/c17-15(19-21)12-2-1-3-13(8-12)16(20)18-9-14(10-4-5-10)11-6-7-11/h1-3,8,10-11,14,21H,4-7,9H2,(H2,17,19)(H,18,20). The van der Waals surface area contributed by atoms with Gasteiger partial charge in [-0.1, -0.05) is 17.3 Å². The number of amidine groups is 1. The number of carbonyl (C=O) groups excluding carboxylic acids is 1. The van der Waals surface area contributed by atoms with Crippen LogP contribution in [-0.2, 0) is 0 Å². The molecule has 0 saturated heterocycles. The molecule has 2 aliphatic rings. The monoisotopic (exact) mass is 287 g/mol. The minimum Gasteiger partial charge on any atom is -0.409 e. The van der Waals surface area contributed by atoms with Crippen LogP contribution in [0.4, 0.5) is 0 Å². The fourth-order valence-electron chi connectivity index (χ4n) is 2.96. The number of nitrogens with two attached hydrogens (primary N) is 1. The molecule has 0 aliphatic heterocycles. The van der Waals surface area contributed by atoms with Crippen LogP contribution in [0.25, 0.3) is 0 Å². The molecule has 2 saturated carbocycles. The summed E-state index contributed by atoms with van der Waals surface area (Å²) < 4.78 is 0. The predicted octanol–water partition coefficient (Wildman–Crippen LogP) is 1.95. The second-order valence-electron chi connectivity index (χ2n) is 6.11. The van der Waals surface area contributed by atoms with Crippen molar-refractivity contribution in [3.8, 4) is 0 Å². The number of hydrogen-bond donors (Lipinski definition) is 3. The molecule has 0 atom stereocenters. The molecular weight excluding hydrogens is 266 g/mol. The molecule has 4 N–H and O–H groups in total. The van der Waals surface area contributed by atoms with E-state index in [9.17, 15) is 4.79 Å². The van der Waals surface area contributed by atoms with Crippen molar-refractivity contribution in [3.63, 3.8) is 0 Å². The van der Waals surface area contributed by atoms with Crippen LogP contribution in [0.1, 0.15) is 41.6 Å². The van der Waals surface area contributed by atoms with Crippen molar-refractivity contribution >= 4 is 11.7 Å². The molecule has 0 spiro atoms. The highest BCUT2D eigenvalue weighted by molar-refractivity contribution is 6.01. The Hall–Kier alpha value is -2.04. The molecule has 112 valence electrons. The molecule has 0 aromatic heterocycles. The van der Waals surface area contributed by atoms with Gasteiger partial charge in [0.1, 0.15) is 0 Å². The molecular formula is C16H21N3O2. The van der Waals surface area contributed by atoms with Crippen molar-refractivity contribution in [2.45, 2.75) is 25.7 Å². The van der Waals surface area contributed by atoms with Crippen molar-refractivity contribution < 1.29 is 10.0 Å². The van der Waals surface area contributed by atoms with Crippen LogP contribution in [0.2, 0.25) is 0 Å². The lowest BCUT2D eigenvalue weighted by atomic mass is 9.98. The normalized spacial score (nSPS) is 18.8. The summed E-state index contributed by atoms with van der Waals surface area (Å²) in [4.78, 5) is 12.2. The van der Waals surface area contributed by atoms with Crippen molar-refractivity contribution in [1.29, 1.82) is 0 Å². The maximum Gasteiger partial charge on any atom is 0.251 e. The van der Waals surface area contributed by atoms with Crippen LogP contribution in [0.3, 0.4) is 0 Å². The highest BCUT2D eigenvalue weighted by Gasteiger charge is 2.41. The average Bonchev–Trinajstić information content (AvgIpc) is 3.39. The minimum atomic E-state index is -0.0890. The quantitative estimate of drug-likeness (QED) is 0.323. The second-order valence-corrected chi connectivity index (χ2v) is 6.11. The van der Waals surface area contributed by atoms with Crippen molar-refractivity contribution in [2.24, 2.45) is 28.6 Å². The Balaban J connectivity index is 1.62. The fourth-order valence-corrected chi connectivity index (χ4v) is 2.96. The number of nitrogens with one attached hydrogen (secondary N) is 1. The summed E-state index contributed by atoms with van der Waals surface area (Å²) in [5.41, 5.74) is 6.64. The molecule has 21 heavy (non-hydrogen) atoms. The Morgan fingerprint density at radius 2 is 1.90 bits per heavy atom. The van der Waals surface area contributed by atoms with Gasteiger partial charge in [-0.15, -0.1) is 0 Å². The Kier molecular flexibility index (Phi) is 3.82. The van der Waals surface area contributed by atoms with Crippen LogP contribution in [0.15, 0.2) is 29.4 Å². The van der Waals surface area contributed by atoms with Gasteiger partial charge in [0.25, 0.3) is 5.91 Å². The Morgan fingerprint density at radius 3 is 2.48 bits per heavy atom. The summed E-state index contributed by atoms with van der Waals surface area (Å²) >= 11 is 0. The summed E-state index contributed by atoms with van der Waals surface area (Å²) in [6, 6.07) is 6.84. The van der Waals surface area contributed by atoms with E-state index in [0.29, 0.717) is 17.0 Å². The Morgan fingerprint density at radius 1 is 1.29 bits per heavy atom.